The summed E-state index contributed by atoms with van der Waals surface area (Å²) in [6.07, 6.45) is 12.6. The van der Waals surface area contributed by atoms with E-state index >= 15 is 0 Å². The third-order valence-electron chi connectivity index (χ3n) is 8.63. The van der Waals surface area contributed by atoms with Crippen molar-refractivity contribution in [3.05, 3.63) is 64.8 Å². The average Bonchev–Trinajstić information content (AvgIpc) is 3.70. The molecule has 0 amide bonds. The van der Waals surface area contributed by atoms with Gasteiger partial charge >= 0.3 is 0 Å². The van der Waals surface area contributed by atoms with Gasteiger partial charge in [-0.15, -0.1) is 0 Å². The second-order valence-electron chi connectivity index (χ2n) is 12.0. The Kier molecular flexibility index (Phi) is 7.97. The first-order valence-corrected chi connectivity index (χ1v) is 15.5. The zero-order chi connectivity index (χ0) is 30.0. The Morgan fingerprint density at radius 2 is 1.93 bits per heavy atom. The average molecular weight is 595 g/mol. The Morgan fingerprint density at radius 3 is 2.70 bits per heavy atom. The Balaban J connectivity index is 1.19. The van der Waals surface area contributed by atoms with Crippen LogP contribution >= 0.6 is 0 Å². The summed E-state index contributed by atoms with van der Waals surface area (Å²) in [5, 5.41) is 4.10. The van der Waals surface area contributed by atoms with Crippen LogP contribution in [0.2, 0.25) is 0 Å². The van der Waals surface area contributed by atoms with E-state index in [1.165, 1.54) is 0 Å². The number of hydrogen-bond donors (Lipinski definition) is 1. The number of anilines is 2. The molecule has 1 unspecified atom stereocenters. The van der Waals surface area contributed by atoms with Gasteiger partial charge in [0.1, 0.15) is 29.0 Å². The van der Waals surface area contributed by atoms with Crippen molar-refractivity contribution in [2.75, 3.05) is 38.7 Å². The summed E-state index contributed by atoms with van der Waals surface area (Å²) in [5.74, 6) is 2.19. The molecule has 6 heterocycles. The molecule has 0 saturated carbocycles. The van der Waals surface area contributed by atoms with E-state index in [4.69, 9.17) is 19.4 Å². The third kappa shape index (κ3) is 6.02. The van der Waals surface area contributed by atoms with Crippen LogP contribution in [0.3, 0.4) is 0 Å². The lowest BCUT2D eigenvalue weighted by Crippen LogP contribution is -2.38. The van der Waals surface area contributed by atoms with Crippen molar-refractivity contribution < 1.29 is 9.47 Å². The SMILES string of the molecule is CN1CCCC(Oc2ccc(Nc3ncc4cc(-c5nc(C6=CCC=N6)cn5C)c(=O)n(CC5CCOCC5)c4n3)cc2)C1. The number of hydrogen-bond acceptors (Lipinski definition) is 9. The van der Waals surface area contributed by atoms with E-state index in [9.17, 15) is 4.79 Å². The van der Waals surface area contributed by atoms with E-state index in [1.54, 1.807) is 10.8 Å². The number of allylic oxidation sites excluding steroid dienone is 1. The van der Waals surface area contributed by atoms with Crippen molar-refractivity contribution in [1.82, 2.24) is 29.0 Å². The fraction of sp³-hybridized carbons (Fsp3) is 0.424. The van der Waals surface area contributed by atoms with Gasteiger partial charge in [0.15, 0.2) is 0 Å². The smallest absolute Gasteiger partial charge is 0.263 e. The van der Waals surface area contributed by atoms with Gasteiger partial charge in [-0.2, -0.15) is 4.98 Å². The zero-order valence-corrected chi connectivity index (χ0v) is 25.3. The van der Waals surface area contributed by atoms with Crippen LogP contribution in [-0.2, 0) is 18.3 Å². The number of pyridine rings is 1. The van der Waals surface area contributed by atoms with E-state index in [-0.39, 0.29) is 11.7 Å². The minimum atomic E-state index is -0.118. The van der Waals surface area contributed by atoms with Crippen LogP contribution in [0.25, 0.3) is 28.1 Å². The number of aromatic nitrogens is 5. The van der Waals surface area contributed by atoms with Crippen LogP contribution in [0.4, 0.5) is 11.6 Å². The van der Waals surface area contributed by atoms with E-state index in [2.05, 4.69) is 27.2 Å². The van der Waals surface area contributed by atoms with Crippen molar-refractivity contribution >= 4 is 34.6 Å². The topological polar surface area (TPSA) is 112 Å². The number of ether oxygens (including phenoxy) is 2. The number of likely N-dealkylation sites (tertiary alicyclic amines) is 1. The number of nitrogens with one attached hydrogen (secondary N) is 1. The molecule has 1 N–H and O–H groups in total. The van der Waals surface area contributed by atoms with Gasteiger partial charge in [0.05, 0.1) is 11.3 Å². The van der Waals surface area contributed by atoms with Gasteiger partial charge in [-0.3, -0.25) is 14.4 Å². The van der Waals surface area contributed by atoms with Crippen molar-refractivity contribution in [1.29, 1.82) is 0 Å². The summed E-state index contributed by atoms with van der Waals surface area (Å²) in [4.78, 5) is 35.2. The molecule has 2 saturated heterocycles. The van der Waals surface area contributed by atoms with Crippen molar-refractivity contribution in [2.24, 2.45) is 18.0 Å². The molecular formula is C33H38N8O3. The van der Waals surface area contributed by atoms with Crippen LogP contribution < -0.4 is 15.6 Å². The minimum absolute atomic E-state index is 0.118. The van der Waals surface area contributed by atoms with Crippen molar-refractivity contribution in [3.8, 4) is 17.1 Å². The van der Waals surface area contributed by atoms with E-state index < -0.39 is 0 Å². The Labute approximate surface area is 256 Å². The molecule has 44 heavy (non-hydrogen) atoms. The second-order valence-corrected chi connectivity index (χ2v) is 12.0. The lowest BCUT2D eigenvalue weighted by molar-refractivity contribution is 0.0613. The second kappa shape index (κ2) is 12.3. The number of piperidine rings is 1. The summed E-state index contributed by atoms with van der Waals surface area (Å²) in [5.41, 5.74) is 3.43. The number of imidazole rings is 1. The first kappa shape index (κ1) is 28.4. The fourth-order valence-electron chi connectivity index (χ4n) is 6.27. The van der Waals surface area contributed by atoms with Crippen molar-refractivity contribution in [3.63, 3.8) is 0 Å². The van der Waals surface area contributed by atoms with Gasteiger partial charge in [0.2, 0.25) is 5.95 Å². The lowest BCUT2D eigenvalue weighted by atomic mass is 10.00. The predicted octanol–water partition coefficient (Wildman–Crippen LogP) is 4.65. The molecule has 7 rings (SSSR count). The highest BCUT2D eigenvalue weighted by Crippen LogP contribution is 2.27. The van der Waals surface area contributed by atoms with Crippen LogP contribution in [0.1, 0.15) is 37.8 Å². The normalized spacial score (nSPS) is 19.4. The molecule has 2 fully saturated rings. The van der Waals surface area contributed by atoms with Gasteiger partial charge in [-0.05, 0) is 75.5 Å². The van der Waals surface area contributed by atoms with Crippen LogP contribution in [0.15, 0.2) is 58.6 Å². The molecule has 3 aromatic heterocycles. The molecule has 1 aromatic carbocycles. The number of benzene rings is 1. The summed E-state index contributed by atoms with van der Waals surface area (Å²) in [6.45, 7) is 4.02. The highest BCUT2D eigenvalue weighted by Gasteiger charge is 2.22. The molecule has 3 aliphatic heterocycles. The van der Waals surface area contributed by atoms with Gasteiger partial charge in [-0.25, -0.2) is 9.97 Å². The molecule has 3 aliphatic rings. The molecule has 11 nitrogen and oxygen atoms in total. The molecule has 1 atom stereocenters. The van der Waals surface area contributed by atoms with Gasteiger partial charge in [0, 0.05) is 69.5 Å². The first-order valence-electron chi connectivity index (χ1n) is 15.5. The maximum absolute atomic E-state index is 14.2. The summed E-state index contributed by atoms with van der Waals surface area (Å²) in [6, 6.07) is 9.74. The molecule has 11 heteroatoms. The monoisotopic (exact) mass is 594 g/mol. The maximum atomic E-state index is 14.2. The minimum Gasteiger partial charge on any atom is -0.489 e. The quantitative estimate of drug-likeness (QED) is 0.314. The Hall–Kier alpha value is -4.35. The van der Waals surface area contributed by atoms with Crippen LogP contribution in [0.5, 0.6) is 5.75 Å². The Morgan fingerprint density at radius 1 is 1.09 bits per heavy atom. The number of fused-ring (bicyclic) bond motifs is 1. The maximum Gasteiger partial charge on any atom is 0.263 e. The summed E-state index contributed by atoms with van der Waals surface area (Å²) >= 11 is 0. The van der Waals surface area contributed by atoms with E-state index in [0.29, 0.717) is 48.7 Å². The fourth-order valence-corrected chi connectivity index (χ4v) is 6.27. The van der Waals surface area contributed by atoms with Gasteiger partial charge in [-0.1, -0.05) is 6.08 Å². The number of rotatable bonds is 8. The van der Waals surface area contributed by atoms with E-state index in [1.807, 2.05) is 60.4 Å². The Bertz CT molecular complexity index is 1770. The lowest BCUT2D eigenvalue weighted by Gasteiger charge is -2.30. The van der Waals surface area contributed by atoms with Crippen LogP contribution in [-0.4, -0.2) is 74.7 Å². The summed E-state index contributed by atoms with van der Waals surface area (Å²) in [7, 11) is 4.04. The predicted molar refractivity (Wildman–Crippen MR) is 172 cm³/mol. The molecule has 228 valence electrons. The molecule has 4 aromatic rings. The molecule has 0 spiro atoms. The standard InChI is InChI=1S/C33H38N8O3/c1-39-14-4-5-26(20-39)44-25-9-7-24(8-10-25)36-33-35-18-23-17-27(31-37-29(21-40(31)2)28-6-3-13-34-28)32(42)41(30(23)38-33)19-22-11-15-43-16-12-22/h6-10,13,17-18,21-22,26H,3-5,11-12,14-16,19-20H2,1-2H3,(H,35,36,38). The largest absolute Gasteiger partial charge is 0.489 e. The molecule has 0 radical (unpaired) electrons. The van der Waals surface area contributed by atoms with Gasteiger partial charge in [0.25, 0.3) is 5.56 Å². The number of nitrogens with zero attached hydrogens (tertiary/aromatic N) is 7. The number of aliphatic imine (C=N–C) groups is 1. The molecular weight excluding hydrogens is 556 g/mol. The highest BCUT2D eigenvalue weighted by molar-refractivity contribution is 5.82. The summed E-state index contributed by atoms with van der Waals surface area (Å²) < 4.78 is 15.5. The number of aryl methyl sites for hydroxylation is 1. The van der Waals surface area contributed by atoms with Crippen molar-refractivity contribution in [2.45, 2.75) is 44.8 Å². The third-order valence-corrected chi connectivity index (χ3v) is 8.63. The molecule has 0 bridgehead atoms. The van der Waals surface area contributed by atoms with E-state index in [0.717, 1.165) is 73.4 Å². The zero-order valence-electron chi connectivity index (χ0n) is 25.3. The molecule has 0 aliphatic carbocycles. The number of likely N-dealkylation sites (N-methyl/N-ethyl adjacent to an activating group) is 1. The first-order chi connectivity index (χ1) is 21.5. The van der Waals surface area contributed by atoms with Gasteiger partial charge < -0.3 is 24.3 Å². The van der Waals surface area contributed by atoms with Crippen LogP contribution in [0, 0.1) is 5.92 Å². The highest BCUT2D eigenvalue weighted by atomic mass is 16.5.